The largest absolute Gasteiger partial charge is 0.506 e. The van der Waals surface area contributed by atoms with Crippen LogP contribution in [0.3, 0.4) is 0 Å². The highest BCUT2D eigenvalue weighted by Crippen LogP contribution is 2.27. The highest BCUT2D eigenvalue weighted by Gasteiger charge is 2.16. The summed E-state index contributed by atoms with van der Waals surface area (Å²) >= 11 is 1.36. The van der Waals surface area contributed by atoms with Crippen LogP contribution in [0.1, 0.15) is 32.5 Å². The monoisotopic (exact) mass is 444 g/mol. The minimum atomic E-state index is -3.47. The van der Waals surface area contributed by atoms with Crippen LogP contribution in [0.15, 0.2) is 64.9 Å². The fourth-order valence-electron chi connectivity index (χ4n) is 2.62. The number of thiophene rings is 1. The average molecular weight is 445 g/mol. The first-order chi connectivity index (χ1) is 14.3. The van der Waals surface area contributed by atoms with Gasteiger partial charge in [-0.2, -0.15) is 0 Å². The van der Waals surface area contributed by atoms with Gasteiger partial charge in [-0.05, 0) is 47.3 Å². The molecule has 3 aromatic rings. The van der Waals surface area contributed by atoms with E-state index in [1.165, 1.54) is 36.5 Å². The molecule has 0 fully saturated rings. The smallest absolute Gasteiger partial charge is 0.261 e. The van der Waals surface area contributed by atoms with E-state index in [1.807, 2.05) is 5.38 Å². The first-order valence-electron chi connectivity index (χ1n) is 9.08. The first kappa shape index (κ1) is 21.5. The minimum Gasteiger partial charge on any atom is -0.506 e. The van der Waals surface area contributed by atoms with Gasteiger partial charge in [0.25, 0.3) is 11.8 Å². The number of carbonyl (C=O) groups is 2. The van der Waals surface area contributed by atoms with Crippen molar-refractivity contribution in [1.29, 1.82) is 0 Å². The lowest BCUT2D eigenvalue weighted by Gasteiger charge is -2.10. The molecule has 0 radical (unpaired) electrons. The number of aromatic hydroxyl groups is 1. The van der Waals surface area contributed by atoms with Crippen molar-refractivity contribution in [3.05, 3.63) is 76.0 Å². The van der Waals surface area contributed by atoms with Crippen molar-refractivity contribution in [2.75, 3.05) is 11.1 Å². The molecule has 7 nitrogen and oxygen atoms in total. The standard InChI is InChI=1S/C21H20N2O5S2/c1-2-30(27,28)16-9-10-18(24)17(12-16)23-20(25)15-7-5-14(6-8-15)13-22-21(26)19-4-3-11-29-19/h3-12,24H,2,13H2,1H3,(H,22,26)(H,23,25). The van der Waals surface area contributed by atoms with Crippen LogP contribution < -0.4 is 10.6 Å². The zero-order chi connectivity index (χ0) is 21.7. The number of rotatable bonds is 7. The van der Waals surface area contributed by atoms with Crippen LogP contribution in [0.25, 0.3) is 0 Å². The predicted molar refractivity (Wildman–Crippen MR) is 116 cm³/mol. The molecule has 1 heterocycles. The van der Waals surface area contributed by atoms with Gasteiger partial charge in [-0.25, -0.2) is 8.42 Å². The summed E-state index contributed by atoms with van der Waals surface area (Å²) in [5.74, 6) is -0.976. The van der Waals surface area contributed by atoms with Crippen molar-refractivity contribution < 1.29 is 23.1 Å². The summed E-state index contributed by atoms with van der Waals surface area (Å²) in [6.45, 7) is 1.83. The molecule has 0 saturated carbocycles. The van der Waals surface area contributed by atoms with Gasteiger partial charge < -0.3 is 15.7 Å². The Morgan fingerprint density at radius 3 is 2.40 bits per heavy atom. The Kier molecular flexibility index (Phi) is 6.53. The zero-order valence-electron chi connectivity index (χ0n) is 16.1. The fraction of sp³-hybridized carbons (Fsp3) is 0.143. The van der Waals surface area contributed by atoms with Gasteiger partial charge in [0, 0.05) is 12.1 Å². The Labute approximate surface area is 178 Å². The molecule has 3 rings (SSSR count). The van der Waals surface area contributed by atoms with Crippen molar-refractivity contribution in [2.45, 2.75) is 18.4 Å². The lowest BCUT2D eigenvalue weighted by molar-refractivity contribution is 0.0953. The second-order valence-electron chi connectivity index (χ2n) is 6.39. The van der Waals surface area contributed by atoms with E-state index in [1.54, 1.807) is 36.4 Å². The third-order valence-corrected chi connectivity index (χ3v) is 6.97. The van der Waals surface area contributed by atoms with Gasteiger partial charge in [0.05, 0.1) is 21.2 Å². The Morgan fingerprint density at radius 1 is 1.03 bits per heavy atom. The third kappa shape index (κ3) is 5.05. The van der Waals surface area contributed by atoms with Crippen LogP contribution in [-0.4, -0.2) is 31.1 Å². The molecule has 3 N–H and O–H groups in total. The van der Waals surface area contributed by atoms with E-state index in [4.69, 9.17) is 0 Å². The number of hydrogen-bond acceptors (Lipinski definition) is 6. The molecular weight excluding hydrogens is 424 g/mol. The average Bonchev–Trinajstić information content (AvgIpc) is 3.29. The quantitative estimate of drug-likeness (QED) is 0.483. The topological polar surface area (TPSA) is 113 Å². The summed E-state index contributed by atoms with van der Waals surface area (Å²) in [5, 5.41) is 17.1. The van der Waals surface area contributed by atoms with Crippen molar-refractivity contribution in [3.8, 4) is 5.75 Å². The molecule has 1 aromatic heterocycles. The number of carbonyl (C=O) groups excluding carboxylic acids is 2. The molecule has 9 heteroatoms. The summed E-state index contributed by atoms with van der Waals surface area (Å²) in [6, 6.07) is 13.9. The maximum absolute atomic E-state index is 12.5. The van der Waals surface area contributed by atoms with Crippen LogP contribution in [0.4, 0.5) is 5.69 Å². The van der Waals surface area contributed by atoms with E-state index in [0.29, 0.717) is 17.0 Å². The number of sulfone groups is 1. The number of benzene rings is 2. The van der Waals surface area contributed by atoms with Crippen LogP contribution in [0.2, 0.25) is 0 Å². The van der Waals surface area contributed by atoms with Crippen LogP contribution in [-0.2, 0) is 16.4 Å². The molecule has 0 spiro atoms. The Bertz CT molecular complexity index is 1150. The van der Waals surface area contributed by atoms with Gasteiger partial charge in [-0.15, -0.1) is 11.3 Å². The summed E-state index contributed by atoms with van der Waals surface area (Å²) in [5.41, 5.74) is 1.16. The highest BCUT2D eigenvalue weighted by molar-refractivity contribution is 7.91. The number of anilines is 1. The van der Waals surface area contributed by atoms with Crippen LogP contribution >= 0.6 is 11.3 Å². The van der Waals surface area contributed by atoms with Gasteiger partial charge in [0.15, 0.2) is 9.84 Å². The molecule has 0 unspecified atom stereocenters. The van der Waals surface area contributed by atoms with E-state index in [-0.39, 0.29) is 28.0 Å². The SMILES string of the molecule is CCS(=O)(=O)c1ccc(O)c(NC(=O)c2ccc(CNC(=O)c3cccs3)cc2)c1. The van der Waals surface area contributed by atoms with E-state index in [2.05, 4.69) is 10.6 Å². The first-order valence-corrected chi connectivity index (χ1v) is 11.6. The molecule has 0 aliphatic rings. The molecule has 2 amide bonds. The number of amides is 2. The van der Waals surface area contributed by atoms with Crippen molar-refractivity contribution in [1.82, 2.24) is 5.32 Å². The third-order valence-electron chi connectivity index (χ3n) is 4.37. The molecule has 30 heavy (non-hydrogen) atoms. The number of hydrogen-bond donors (Lipinski definition) is 3. The minimum absolute atomic E-state index is 0.0156. The molecular formula is C21H20N2O5S2. The maximum Gasteiger partial charge on any atom is 0.261 e. The van der Waals surface area contributed by atoms with Gasteiger partial charge in [0.2, 0.25) is 0 Å². The summed E-state index contributed by atoms with van der Waals surface area (Å²) in [6.07, 6.45) is 0. The Hall–Kier alpha value is -3.17. The van der Waals surface area contributed by atoms with E-state index >= 15 is 0 Å². The van der Waals surface area contributed by atoms with Gasteiger partial charge in [-0.3, -0.25) is 9.59 Å². The number of phenolic OH excluding ortho intramolecular Hbond substituents is 1. The molecule has 0 atom stereocenters. The molecule has 0 bridgehead atoms. The van der Waals surface area contributed by atoms with Crippen molar-refractivity contribution in [2.24, 2.45) is 0 Å². The Morgan fingerprint density at radius 2 is 1.77 bits per heavy atom. The molecule has 0 saturated heterocycles. The number of nitrogens with one attached hydrogen (secondary N) is 2. The Balaban J connectivity index is 1.66. The van der Waals surface area contributed by atoms with Crippen molar-refractivity contribution >= 4 is 38.7 Å². The maximum atomic E-state index is 12.5. The molecule has 0 aliphatic heterocycles. The summed E-state index contributed by atoms with van der Waals surface area (Å²) in [7, 11) is -3.47. The van der Waals surface area contributed by atoms with Crippen LogP contribution in [0.5, 0.6) is 5.75 Å². The fourth-order valence-corrected chi connectivity index (χ4v) is 4.17. The lowest BCUT2D eigenvalue weighted by atomic mass is 10.1. The van der Waals surface area contributed by atoms with E-state index in [9.17, 15) is 23.1 Å². The molecule has 2 aromatic carbocycles. The lowest BCUT2D eigenvalue weighted by Crippen LogP contribution is -2.21. The second kappa shape index (κ2) is 9.10. The summed E-state index contributed by atoms with van der Waals surface area (Å²) in [4.78, 5) is 25.1. The molecule has 0 aliphatic carbocycles. The van der Waals surface area contributed by atoms with Gasteiger partial charge >= 0.3 is 0 Å². The number of phenols is 1. The normalized spacial score (nSPS) is 11.1. The highest BCUT2D eigenvalue weighted by atomic mass is 32.2. The van der Waals surface area contributed by atoms with E-state index < -0.39 is 15.7 Å². The summed E-state index contributed by atoms with van der Waals surface area (Å²) < 4.78 is 24.0. The van der Waals surface area contributed by atoms with Crippen molar-refractivity contribution in [3.63, 3.8) is 0 Å². The van der Waals surface area contributed by atoms with Gasteiger partial charge in [0.1, 0.15) is 5.75 Å². The predicted octanol–water partition coefficient (Wildman–Crippen LogP) is 3.43. The molecule has 156 valence electrons. The zero-order valence-corrected chi connectivity index (χ0v) is 17.7. The van der Waals surface area contributed by atoms with E-state index in [0.717, 1.165) is 5.56 Å². The second-order valence-corrected chi connectivity index (χ2v) is 9.62. The van der Waals surface area contributed by atoms with Gasteiger partial charge in [-0.1, -0.05) is 25.1 Å². The van der Waals surface area contributed by atoms with Crippen LogP contribution in [0, 0.1) is 0 Å².